The first-order valence-electron chi connectivity index (χ1n) is 12.8. The van der Waals surface area contributed by atoms with Crippen molar-refractivity contribution in [1.29, 1.82) is 5.26 Å². The van der Waals surface area contributed by atoms with Crippen LogP contribution in [0.4, 0.5) is 19.0 Å². The van der Waals surface area contributed by atoms with Crippen LogP contribution in [0.15, 0.2) is 71.6 Å². The molecule has 11 nitrogen and oxygen atoms in total. The second kappa shape index (κ2) is 11.4. The number of benzene rings is 2. The van der Waals surface area contributed by atoms with Gasteiger partial charge in [-0.2, -0.15) is 14.8 Å². The molecule has 1 amide bonds. The molecule has 1 aliphatic heterocycles. The third-order valence-corrected chi connectivity index (χ3v) is 6.25. The van der Waals surface area contributed by atoms with Gasteiger partial charge in [0.15, 0.2) is 17.2 Å². The molecule has 4 aromatic rings. The standard InChI is InChI=1S/C29H24F3N9O2/c1-29(2,35)12-16(13-33)28(42)40-10-4-9-36-22(40)14-41-27-23(26(34)37-15-38-27)25(39-41)18-8-7-17(11-20(18)31)43-21-6-3-5-19(30)24(21)32/h3-12,15,22H,14,35H2,1-2H3,(H2,34,37,38)/b16-12-/t22-/m0/s1. The highest BCUT2D eigenvalue weighted by Crippen LogP contribution is 2.35. The van der Waals surface area contributed by atoms with Gasteiger partial charge in [0.1, 0.15) is 47.2 Å². The van der Waals surface area contributed by atoms with Crippen molar-refractivity contribution in [3.05, 3.63) is 84.1 Å². The number of hydrogen-bond donors (Lipinski definition) is 2. The minimum absolute atomic E-state index is 0.00262. The fraction of sp³-hybridized carbons (Fsp3) is 0.172. The Morgan fingerprint density at radius 1 is 1.19 bits per heavy atom. The number of fused-ring (bicyclic) bond motifs is 1. The van der Waals surface area contributed by atoms with Gasteiger partial charge in [-0.15, -0.1) is 0 Å². The van der Waals surface area contributed by atoms with Gasteiger partial charge in [0.25, 0.3) is 5.91 Å². The first-order chi connectivity index (χ1) is 20.5. The lowest BCUT2D eigenvalue weighted by Gasteiger charge is -2.28. The number of ether oxygens (including phenoxy) is 1. The molecular weight excluding hydrogens is 563 g/mol. The lowest BCUT2D eigenvalue weighted by Crippen LogP contribution is -2.41. The summed E-state index contributed by atoms with van der Waals surface area (Å²) < 4.78 is 49.9. The third-order valence-electron chi connectivity index (χ3n) is 6.25. The number of aromatic nitrogens is 4. The highest BCUT2D eigenvalue weighted by Gasteiger charge is 2.29. The maximum absolute atomic E-state index is 15.5. The van der Waals surface area contributed by atoms with E-state index in [0.717, 1.165) is 12.1 Å². The Morgan fingerprint density at radius 3 is 2.70 bits per heavy atom. The zero-order chi connectivity index (χ0) is 30.9. The number of carbonyl (C=O) groups is 1. The van der Waals surface area contributed by atoms with E-state index in [2.05, 4.69) is 20.1 Å². The van der Waals surface area contributed by atoms with Gasteiger partial charge < -0.3 is 16.2 Å². The van der Waals surface area contributed by atoms with Gasteiger partial charge in [0.05, 0.1) is 11.9 Å². The van der Waals surface area contributed by atoms with Crippen molar-refractivity contribution in [2.45, 2.75) is 32.1 Å². The zero-order valence-corrected chi connectivity index (χ0v) is 22.9. The van der Waals surface area contributed by atoms with Crippen LogP contribution in [0.25, 0.3) is 22.3 Å². The number of nitrogen functional groups attached to an aromatic ring is 1. The average molecular weight is 588 g/mol. The van der Waals surface area contributed by atoms with Crippen molar-refractivity contribution in [2.75, 3.05) is 5.73 Å². The lowest BCUT2D eigenvalue weighted by atomic mass is 10.0. The zero-order valence-electron chi connectivity index (χ0n) is 22.9. The molecule has 0 radical (unpaired) electrons. The van der Waals surface area contributed by atoms with Crippen molar-refractivity contribution < 1.29 is 22.7 Å². The van der Waals surface area contributed by atoms with Crippen LogP contribution >= 0.6 is 0 Å². The first-order valence-corrected chi connectivity index (χ1v) is 12.8. The van der Waals surface area contributed by atoms with Gasteiger partial charge in [-0.05, 0) is 50.3 Å². The van der Waals surface area contributed by atoms with E-state index >= 15 is 4.39 Å². The molecule has 0 bridgehead atoms. The Kier molecular flexibility index (Phi) is 7.66. The van der Waals surface area contributed by atoms with Crippen LogP contribution in [0, 0.1) is 28.8 Å². The number of nitrogens with zero attached hydrogens (tertiary/aromatic N) is 7. The fourth-order valence-electron chi connectivity index (χ4n) is 4.38. The summed E-state index contributed by atoms with van der Waals surface area (Å²) in [4.78, 5) is 27.2. The minimum Gasteiger partial charge on any atom is -0.454 e. The van der Waals surface area contributed by atoms with Crippen molar-refractivity contribution in [3.63, 3.8) is 0 Å². The van der Waals surface area contributed by atoms with Crippen LogP contribution in [-0.4, -0.2) is 48.5 Å². The number of anilines is 1. The summed E-state index contributed by atoms with van der Waals surface area (Å²) in [5, 5.41) is 14.4. The van der Waals surface area contributed by atoms with E-state index in [-0.39, 0.29) is 46.0 Å². The summed E-state index contributed by atoms with van der Waals surface area (Å²) in [6.45, 7) is 3.25. The van der Waals surface area contributed by atoms with E-state index in [1.165, 1.54) is 58.7 Å². The van der Waals surface area contributed by atoms with Gasteiger partial charge in [-0.1, -0.05) is 6.07 Å². The minimum atomic E-state index is -1.21. The normalized spacial score (nSPS) is 15.1. The maximum atomic E-state index is 15.5. The maximum Gasteiger partial charge on any atom is 0.270 e. The van der Waals surface area contributed by atoms with E-state index in [1.807, 2.05) is 6.07 Å². The van der Waals surface area contributed by atoms with Gasteiger partial charge >= 0.3 is 0 Å². The summed E-state index contributed by atoms with van der Waals surface area (Å²) in [7, 11) is 0. The molecular formula is C29H24F3N9O2. The summed E-state index contributed by atoms with van der Waals surface area (Å²) in [6.07, 6.45) is 6.24. The Morgan fingerprint density at radius 2 is 1.98 bits per heavy atom. The number of nitriles is 1. The smallest absolute Gasteiger partial charge is 0.270 e. The second-order valence-electron chi connectivity index (χ2n) is 10.1. The molecule has 0 fully saturated rings. The predicted molar refractivity (Wildman–Crippen MR) is 152 cm³/mol. The van der Waals surface area contributed by atoms with Crippen LogP contribution < -0.4 is 16.2 Å². The SMILES string of the molecule is CC(C)(N)/C=C(/C#N)C(=O)N1C=CC=N[C@@H]1Cn1nc(-c2ccc(Oc3cccc(F)c3F)cc2F)c2c(N)ncnc21. The van der Waals surface area contributed by atoms with E-state index in [0.29, 0.717) is 0 Å². The molecule has 1 aliphatic rings. The molecule has 43 heavy (non-hydrogen) atoms. The molecule has 2 aromatic carbocycles. The quantitative estimate of drug-likeness (QED) is 0.240. The second-order valence-corrected chi connectivity index (χ2v) is 10.1. The summed E-state index contributed by atoms with van der Waals surface area (Å²) >= 11 is 0. The van der Waals surface area contributed by atoms with Gasteiger partial charge in [0.2, 0.25) is 5.82 Å². The van der Waals surface area contributed by atoms with Crippen molar-refractivity contribution in [1.82, 2.24) is 24.6 Å². The molecule has 3 heterocycles. The lowest BCUT2D eigenvalue weighted by molar-refractivity contribution is -0.126. The van der Waals surface area contributed by atoms with E-state index < -0.39 is 40.8 Å². The number of allylic oxidation sites excluding steroid dienone is 1. The van der Waals surface area contributed by atoms with E-state index in [9.17, 15) is 18.8 Å². The van der Waals surface area contributed by atoms with E-state index in [4.69, 9.17) is 16.2 Å². The molecule has 5 rings (SSSR count). The van der Waals surface area contributed by atoms with Crippen molar-refractivity contribution in [3.8, 4) is 28.8 Å². The summed E-state index contributed by atoms with van der Waals surface area (Å²) in [5.41, 5.74) is 11.4. The molecule has 4 N–H and O–H groups in total. The molecule has 2 aromatic heterocycles. The highest BCUT2D eigenvalue weighted by molar-refractivity contribution is 5.99. The Balaban J connectivity index is 1.50. The molecule has 0 aliphatic carbocycles. The van der Waals surface area contributed by atoms with Crippen LogP contribution in [0.5, 0.6) is 11.5 Å². The van der Waals surface area contributed by atoms with Crippen LogP contribution in [-0.2, 0) is 11.3 Å². The number of nitrogens with two attached hydrogens (primary N) is 2. The van der Waals surface area contributed by atoms with Crippen LogP contribution in [0.2, 0.25) is 0 Å². The Bertz CT molecular complexity index is 1870. The fourth-order valence-corrected chi connectivity index (χ4v) is 4.38. The Labute approximate surface area is 243 Å². The topological polar surface area (TPSA) is 161 Å². The number of hydrogen-bond acceptors (Lipinski definition) is 9. The monoisotopic (exact) mass is 587 g/mol. The summed E-state index contributed by atoms with van der Waals surface area (Å²) in [5.74, 6) is -4.22. The number of aliphatic imine (C=N–C) groups is 1. The van der Waals surface area contributed by atoms with Crippen molar-refractivity contribution in [2.24, 2.45) is 10.7 Å². The van der Waals surface area contributed by atoms with Crippen LogP contribution in [0.1, 0.15) is 13.8 Å². The average Bonchev–Trinajstić information content (AvgIpc) is 3.33. The number of halogens is 3. The van der Waals surface area contributed by atoms with Gasteiger partial charge in [0, 0.05) is 29.6 Å². The molecule has 0 saturated heterocycles. The van der Waals surface area contributed by atoms with Gasteiger partial charge in [-0.25, -0.2) is 23.4 Å². The predicted octanol–water partition coefficient (Wildman–Crippen LogP) is 4.23. The van der Waals surface area contributed by atoms with E-state index in [1.54, 1.807) is 19.9 Å². The molecule has 0 unspecified atom stereocenters. The van der Waals surface area contributed by atoms with Crippen LogP contribution in [0.3, 0.4) is 0 Å². The van der Waals surface area contributed by atoms with Crippen molar-refractivity contribution >= 4 is 29.0 Å². The Hall–Kier alpha value is -5.55. The largest absolute Gasteiger partial charge is 0.454 e. The highest BCUT2D eigenvalue weighted by atomic mass is 19.2. The molecule has 14 heteroatoms. The first kappa shape index (κ1) is 29.0. The molecule has 0 saturated carbocycles. The summed E-state index contributed by atoms with van der Waals surface area (Å²) in [6, 6.07) is 8.99. The number of amides is 1. The number of rotatable bonds is 7. The van der Waals surface area contributed by atoms with Gasteiger partial charge in [-0.3, -0.25) is 14.7 Å². The molecule has 218 valence electrons. The molecule has 1 atom stereocenters. The molecule has 0 spiro atoms. The third kappa shape index (κ3) is 5.92. The number of carbonyl (C=O) groups excluding carboxylic acids is 1.